The van der Waals surface area contributed by atoms with Gasteiger partial charge in [-0.05, 0) is 55.3 Å². The third-order valence-electron chi connectivity index (χ3n) is 14.6. The molecule has 0 radical (unpaired) electrons. The summed E-state index contributed by atoms with van der Waals surface area (Å²) < 4.78 is 52.7. The molecule has 1 spiro atoms. The maximum absolute atomic E-state index is 15.0. The molecule has 0 aliphatic carbocycles. The highest BCUT2D eigenvalue weighted by Crippen LogP contribution is 2.52. The third-order valence-corrected chi connectivity index (χ3v) is 14.6. The second-order valence-electron chi connectivity index (χ2n) is 19.6. The lowest BCUT2D eigenvalue weighted by atomic mass is 9.78. The largest absolute Gasteiger partial charge is 0.507 e. The van der Waals surface area contributed by atoms with Gasteiger partial charge < -0.3 is 50.0 Å². The number of benzene rings is 4. The molecule has 0 aromatic heterocycles. The number of anilines is 1. The normalized spacial score (nSPS) is 32.7. The van der Waals surface area contributed by atoms with Crippen LogP contribution in [0.4, 0.5) is 14.5 Å². The van der Waals surface area contributed by atoms with Gasteiger partial charge in [-0.2, -0.15) is 0 Å². The Morgan fingerprint density at radius 3 is 2.01 bits per heavy atom. The number of carbonyl (C=O) groups excluding carboxylic acids is 3. The lowest BCUT2D eigenvalue weighted by molar-refractivity contribution is -0.160. The predicted molar refractivity (Wildman–Crippen MR) is 258 cm³/mol. The Morgan fingerprint density at radius 1 is 0.831 bits per heavy atom. The van der Waals surface area contributed by atoms with E-state index < -0.39 is 112 Å². The van der Waals surface area contributed by atoms with E-state index in [1.54, 1.807) is 64.1 Å². The number of carbonyl (C=O) groups is 3. The zero-order valence-corrected chi connectivity index (χ0v) is 41.0. The van der Waals surface area contributed by atoms with Crippen LogP contribution in [0.25, 0.3) is 10.8 Å². The highest BCUT2D eigenvalue weighted by atomic mass is 19.1. The van der Waals surface area contributed by atoms with Crippen LogP contribution >= 0.6 is 0 Å². The number of piperidine rings is 1. The number of rotatable bonds is 4. The summed E-state index contributed by atoms with van der Waals surface area (Å²) in [6.45, 7) is 12.6. The number of nitrogens with one attached hydrogen (secondary N) is 2. The van der Waals surface area contributed by atoms with Gasteiger partial charge in [0.2, 0.25) is 0 Å². The number of esters is 1. The molecule has 15 nitrogen and oxygen atoms in total. The van der Waals surface area contributed by atoms with E-state index in [1.807, 2.05) is 0 Å². The summed E-state index contributed by atoms with van der Waals surface area (Å²) in [5, 5.41) is 54.3. The number of allylic oxidation sites excluding steroid dienone is 2. The summed E-state index contributed by atoms with van der Waals surface area (Å²) in [5.74, 6) is -8.80. The van der Waals surface area contributed by atoms with Gasteiger partial charge in [0.25, 0.3) is 11.7 Å². The fourth-order valence-electron chi connectivity index (χ4n) is 10.5. The maximum Gasteiger partial charge on any atom is 0.312 e. The first kappa shape index (κ1) is 50.8. The molecule has 4 aliphatic rings. The molecule has 1 fully saturated rings. The highest BCUT2D eigenvalue weighted by molar-refractivity contribution is 6.21. The number of nitrogens with zero attached hydrogens (tertiary/aromatic N) is 2. The van der Waals surface area contributed by atoms with Gasteiger partial charge in [0.05, 0.1) is 41.2 Å². The van der Waals surface area contributed by atoms with E-state index in [4.69, 9.17) is 23.9 Å². The van der Waals surface area contributed by atoms with Crippen molar-refractivity contribution in [3.63, 3.8) is 0 Å². The monoisotopic (exact) mass is 978 g/mol. The van der Waals surface area contributed by atoms with E-state index in [1.165, 1.54) is 77.5 Å². The fourth-order valence-corrected chi connectivity index (χ4v) is 10.5. The number of ether oxygens (including phenoxy) is 4. The SMILES string of the molecule is CO[C@H]1/C=C/O[C@@]2(C)Oc3c(C)c(O)c4c(O)c(c5c(c4c3C2=O)NC2(C[C@@H](c3ccc(F)cc3)N[C@@H](c3ccc(F)cc3)C2)N=5)=NC(=O)/C(C)=C\C=C\[C@H](C)[C@H](O)[C@@H](C)[C@H](O)[C@H](C)[C@H](OC(C)=O)[C@@H]1C. The molecule has 0 saturated carbocycles. The van der Waals surface area contributed by atoms with Gasteiger partial charge in [-0.15, -0.1) is 0 Å². The first-order valence-corrected chi connectivity index (χ1v) is 23.7. The minimum Gasteiger partial charge on any atom is -0.507 e. The van der Waals surface area contributed by atoms with E-state index in [2.05, 4.69) is 15.6 Å². The number of aliphatic hydroxyl groups excluding tert-OH is 2. The van der Waals surface area contributed by atoms with Crippen LogP contribution in [0.1, 0.15) is 100 Å². The van der Waals surface area contributed by atoms with Gasteiger partial charge in [-0.25, -0.2) is 13.8 Å². The van der Waals surface area contributed by atoms with Crippen LogP contribution < -0.4 is 26.1 Å². The Hall–Kier alpha value is -6.53. The van der Waals surface area contributed by atoms with Gasteiger partial charge in [0, 0.05) is 86.1 Å². The number of methoxy groups -OCH3 is 1. The van der Waals surface area contributed by atoms with Crippen LogP contribution in [0, 0.1) is 42.2 Å². The minimum absolute atomic E-state index is 0.00390. The number of halogens is 2. The lowest BCUT2D eigenvalue weighted by Gasteiger charge is -2.42. The molecule has 6 N–H and O–H groups in total. The van der Waals surface area contributed by atoms with E-state index in [9.17, 15) is 38.8 Å². The second-order valence-corrected chi connectivity index (χ2v) is 19.6. The second kappa shape index (κ2) is 19.6. The lowest BCUT2D eigenvalue weighted by Crippen LogP contribution is -2.48. The molecule has 4 aromatic carbocycles. The zero-order valence-electron chi connectivity index (χ0n) is 41.0. The Labute approximate surface area is 409 Å². The molecular formula is C54H60F2N4O11. The number of aromatic hydroxyl groups is 2. The quantitative estimate of drug-likeness (QED) is 0.0887. The van der Waals surface area contributed by atoms with Gasteiger partial charge in [0.1, 0.15) is 45.6 Å². The van der Waals surface area contributed by atoms with Crippen LogP contribution in [-0.2, 0) is 23.8 Å². The fraction of sp³-hybridized carbons (Fsp3) is 0.426. The molecule has 4 aromatic rings. The topological polar surface area (TPSA) is 218 Å². The van der Waals surface area contributed by atoms with Crippen molar-refractivity contribution in [3.8, 4) is 17.2 Å². The summed E-state index contributed by atoms with van der Waals surface area (Å²) in [6.07, 6.45) is 3.87. The Kier molecular flexibility index (Phi) is 14.0. The molecular weight excluding hydrogens is 919 g/mol. The number of phenols is 2. The van der Waals surface area contributed by atoms with Crippen molar-refractivity contribution in [2.45, 2.75) is 116 Å². The summed E-state index contributed by atoms with van der Waals surface area (Å²) in [7, 11) is 1.44. The van der Waals surface area contributed by atoms with Gasteiger partial charge in [-0.1, -0.05) is 70.2 Å². The Balaban J connectivity index is 1.34. The molecule has 12 atom stereocenters. The molecule has 4 bridgehead atoms. The van der Waals surface area contributed by atoms with E-state index in [-0.39, 0.29) is 62.5 Å². The average molecular weight is 979 g/mol. The number of Topliss-reactive ketones (excluding diaryl/α,β-unsaturated/α-hetero) is 1. The van der Waals surface area contributed by atoms with E-state index in [0.717, 1.165) is 0 Å². The Morgan fingerprint density at radius 2 is 1.44 bits per heavy atom. The average Bonchev–Trinajstić information content (AvgIpc) is 3.83. The predicted octanol–water partition coefficient (Wildman–Crippen LogP) is 7.14. The number of aliphatic hydroxyl groups is 2. The van der Waals surface area contributed by atoms with Crippen molar-refractivity contribution in [3.05, 3.63) is 129 Å². The summed E-state index contributed by atoms with van der Waals surface area (Å²) >= 11 is 0. The van der Waals surface area contributed by atoms with Crippen LogP contribution in [0.2, 0.25) is 0 Å². The van der Waals surface area contributed by atoms with Gasteiger partial charge in [0.15, 0.2) is 5.75 Å². The first-order valence-electron chi connectivity index (χ1n) is 23.7. The molecule has 8 rings (SSSR count). The van der Waals surface area contributed by atoms with Gasteiger partial charge >= 0.3 is 11.8 Å². The molecule has 17 heteroatoms. The third kappa shape index (κ3) is 9.43. The number of hydrogen-bond acceptors (Lipinski definition) is 14. The molecule has 71 heavy (non-hydrogen) atoms. The van der Waals surface area contributed by atoms with Crippen LogP contribution in [0.5, 0.6) is 17.2 Å². The standard InChI is InChI=1S/C54H60F2N4O11/c1-25-11-10-12-26(2)52(67)58-44-43-42(59-54(60-43)23-36(32-13-17-34(55)18-14-32)57-37(24-54)33-15-19-35(56)20-16-33)39-40(48(44)65)47(64)30(6)50-41(39)51(66)53(8,71-50)69-22-21-38(68-9)27(3)49(70-31(7)61)29(5)46(63)28(4)45(25)62/h10-22,25,27-29,36-38,45-46,49,57,59,62-65H,23-24H2,1-9H3/b11-10+,22-21+,26-12-,58-44?/t25-,27+,28+,29-,36-,37+,38-,45-,46-,49+,53-,54?/m0/s1. The Bertz CT molecular complexity index is 2940. The summed E-state index contributed by atoms with van der Waals surface area (Å²) in [4.78, 5) is 51.4. The molecule has 1 saturated heterocycles. The van der Waals surface area contributed by atoms with E-state index >= 15 is 4.79 Å². The smallest absolute Gasteiger partial charge is 0.312 e. The summed E-state index contributed by atoms with van der Waals surface area (Å²) in [5.41, 5.74) is 0.408. The number of amides is 1. The molecule has 376 valence electrons. The first-order chi connectivity index (χ1) is 33.6. The van der Waals surface area contributed by atoms with Crippen molar-refractivity contribution >= 4 is 34.1 Å². The number of hydrogen-bond donors (Lipinski definition) is 6. The molecule has 1 amide bonds. The van der Waals surface area contributed by atoms with Crippen molar-refractivity contribution in [1.29, 1.82) is 0 Å². The van der Waals surface area contributed by atoms with Crippen molar-refractivity contribution in [2.24, 2.45) is 33.7 Å². The maximum atomic E-state index is 15.0. The number of ketones is 1. The van der Waals surface area contributed by atoms with Crippen LogP contribution in [0.15, 0.2) is 94.7 Å². The molecule has 4 heterocycles. The summed E-state index contributed by atoms with van der Waals surface area (Å²) in [6, 6.07) is 10.9. The van der Waals surface area contributed by atoms with E-state index in [0.29, 0.717) is 11.1 Å². The van der Waals surface area contributed by atoms with Crippen molar-refractivity contribution < 1.29 is 62.5 Å². The number of phenolic OH excluding ortho intramolecular Hbond substituents is 2. The van der Waals surface area contributed by atoms with Crippen molar-refractivity contribution in [2.75, 3.05) is 12.4 Å². The number of fused-ring (bicyclic) bond motifs is 1. The zero-order chi connectivity index (χ0) is 51.4. The highest BCUT2D eigenvalue weighted by Gasteiger charge is 2.51. The minimum atomic E-state index is -2.07. The van der Waals surface area contributed by atoms with Crippen LogP contribution in [0.3, 0.4) is 0 Å². The molecule has 4 aliphatic heterocycles. The van der Waals surface area contributed by atoms with Crippen molar-refractivity contribution in [1.82, 2.24) is 5.32 Å². The molecule has 1 unspecified atom stereocenters. The van der Waals surface area contributed by atoms with Gasteiger partial charge in [-0.3, -0.25) is 19.4 Å². The van der Waals surface area contributed by atoms with Crippen LogP contribution in [-0.4, -0.2) is 81.1 Å².